The maximum absolute atomic E-state index is 13.5. The Bertz CT molecular complexity index is 441. The second-order valence-electron chi connectivity index (χ2n) is 5.25. The first-order chi connectivity index (χ1) is 9.09. The van der Waals surface area contributed by atoms with Gasteiger partial charge in [-0.05, 0) is 25.0 Å². The lowest BCUT2D eigenvalue weighted by atomic mass is 9.88. The average molecular weight is 267 g/mol. The van der Waals surface area contributed by atoms with Crippen LogP contribution in [0.2, 0.25) is 0 Å². The summed E-state index contributed by atoms with van der Waals surface area (Å²) < 4.78 is 27.1. The Labute approximate surface area is 112 Å². The fourth-order valence-corrected chi connectivity index (χ4v) is 2.74. The average Bonchev–Trinajstić information content (AvgIpc) is 2.58. The summed E-state index contributed by atoms with van der Waals surface area (Å²) in [5.41, 5.74) is 5.87. The largest absolute Gasteiger partial charge is 0.327 e. The fourth-order valence-electron chi connectivity index (χ4n) is 2.74. The van der Waals surface area contributed by atoms with Crippen LogP contribution in [0.15, 0.2) is 18.2 Å². The van der Waals surface area contributed by atoms with Gasteiger partial charge in [-0.2, -0.15) is 0 Å². The van der Waals surface area contributed by atoms with Crippen LogP contribution < -0.4 is 5.73 Å². The Balaban J connectivity index is 2.11. The number of nitrogens with two attached hydrogens (primary N) is 1. The molecule has 0 bridgehead atoms. The third-order valence-electron chi connectivity index (χ3n) is 3.90. The van der Waals surface area contributed by atoms with E-state index in [1.165, 1.54) is 18.2 Å². The van der Waals surface area contributed by atoms with Gasteiger partial charge in [-0.3, -0.25) is 4.79 Å². The third kappa shape index (κ3) is 3.38. The van der Waals surface area contributed by atoms with E-state index in [1.807, 2.05) is 0 Å². The van der Waals surface area contributed by atoms with Crippen molar-refractivity contribution in [3.05, 3.63) is 35.4 Å². The Morgan fingerprint density at radius 1 is 1.16 bits per heavy atom. The highest BCUT2D eigenvalue weighted by Crippen LogP contribution is 2.25. The first kappa shape index (κ1) is 14.1. The lowest BCUT2D eigenvalue weighted by Gasteiger charge is -2.20. The topological polar surface area (TPSA) is 43.1 Å². The van der Waals surface area contributed by atoms with Gasteiger partial charge < -0.3 is 5.73 Å². The Morgan fingerprint density at radius 3 is 2.47 bits per heavy atom. The van der Waals surface area contributed by atoms with Crippen molar-refractivity contribution in [3.8, 4) is 0 Å². The zero-order valence-corrected chi connectivity index (χ0v) is 10.9. The van der Waals surface area contributed by atoms with Crippen molar-refractivity contribution < 1.29 is 13.6 Å². The summed E-state index contributed by atoms with van der Waals surface area (Å²) in [5.74, 6) is -1.72. The summed E-state index contributed by atoms with van der Waals surface area (Å²) in [6.07, 6.45) is 4.41. The lowest BCUT2D eigenvalue weighted by Crippen LogP contribution is -2.35. The van der Waals surface area contributed by atoms with Crippen LogP contribution in [0.3, 0.4) is 0 Å². The van der Waals surface area contributed by atoms with Gasteiger partial charge in [-0.25, -0.2) is 8.78 Å². The second kappa shape index (κ2) is 6.24. The predicted octanol–water partition coefficient (Wildman–Crippen LogP) is 2.98. The molecule has 1 fully saturated rings. The molecular weight excluding hydrogens is 248 g/mol. The molecule has 2 unspecified atom stereocenters. The molecule has 2 nitrogen and oxygen atoms in total. The SMILES string of the molecule is NC1CCCCCC1C(=O)Cc1c(F)cccc1F. The molecule has 0 aromatic heterocycles. The molecule has 1 saturated carbocycles. The van der Waals surface area contributed by atoms with Crippen LogP contribution >= 0.6 is 0 Å². The van der Waals surface area contributed by atoms with Gasteiger partial charge in [0.25, 0.3) is 0 Å². The quantitative estimate of drug-likeness (QED) is 0.855. The second-order valence-corrected chi connectivity index (χ2v) is 5.25. The first-order valence-electron chi connectivity index (χ1n) is 6.81. The molecule has 0 aliphatic heterocycles. The lowest BCUT2D eigenvalue weighted by molar-refractivity contribution is -0.123. The minimum Gasteiger partial charge on any atom is -0.327 e. The number of Topliss-reactive ketones (excluding diaryl/α,β-unsaturated/α-hetero) is 1. The molecule has 1 aliphatic carbocycles. The minimum atomic E-state index is -0.657. The number of halogens is 2. The highest BCUT2D eigenvalue weighted by atomic mass is 19.1. The summed E-state index contributed by atoms with van der Waals surface area (Å²) >= 11 is 0. The molecule has 0 heterocycles. The fraction of sp³-hybridized carbons (Fsp3) is 0.533. The Hall–Kier alpha value is -1.29. The molecule has 104 valence electrons. The summed E-state index contributed by atoms with van der Waals surface area (Å²) in [6.45, 7) is 0. The van der Waals surface area contributed by atoms with Crippen molar-refractivity contribution in [1.29, 1.82) is 0 Å². The van der Waals surface area contributed by atoms with Crippen LogP contribution in [0, 0.1) is 17.6 Å². The van der Waals surface area contributed by atoms with Crippen molar-refractivity contribution in [3.63, 3.8) is 0 Å². The van der Waals surface area contributed by atoms with E-state index >= 15 is 0 Å². The minimum absolute atomic E-state index is 0.135. The molecule has 0 amide bonds. The molecule has 4 heteroatoms. The highest BCUT2D eigenvalue weighted by Gasteiger charge is 2.28. The van der Waals surface area contributed by atoms with Gasteiger partial charge in [0.2, 0.25) is 0 Å². The van der Waals surface area contributed by atoms with Crippen LogP contribution in [-0.2, 0) is 11.2 Å². The molecule has 0 radical (unpaired) electrons. The molecule has 1 aliphatic rings. The number of ketones is 1. The van der Waals surface area contributed by atoms with Gasteiger partial charge in [-0.15, -0.1) is 0 Å². The van der Waals surface area contributed by atoms with Gasteiger partial charge in [0.1, 0.15) is 17.4 Å². The summed E-state index contributed by atoms with van der Waals surface area (Å²) in [6, 6.07) is 3.48. The molecular formula is C15H19F2NO. The van der Waals surface area contributed by atoms with E-state index in [-0.39, 0.29) is 29.7 Å². The smallest absolute Gasteiger partial charge is 0.142 e. The van der Waals surface area contributed by atoms with E-state index in [0.29, 0.717) is 0 Å². The van der Waals surface area contributed by atoms with Crippen LogP contribution in [-0.4, -0.2) is 11.8 Å². The molecule has 1 aromatic rings. The van der Waals surface area contributed by atoms with Gasteiger partial charge in [0, 0.05) is 23.9 Å². The zero-order chi connectivity index (χ0) is 13.8. The van der Waals surface area contributed by atoms with Gasteiger partial charge in [0.15, 0.2) is 0 Å². The number of carbonyl (C=O) groups excluding carboxylic acids is 1. The van der Waals surface area contributed by atoms with E-state index in [9.17, 15) is 13.6 Å². The van der Waals surface area contributed by atoms with Crippen molar-refractivity contribution in [1.82, 2.24) is 0 Å². The number of hydrogen-bond donors (Lipinski definition) is 1. The number of carbonyl (C=O) groups is 1. The summed E-state index contributed by atoms with van der Waals surface area (Å²) in [7, 11) is 0. The van der Waals surface area contributed by atoms with Crippen LogP contribution in [0.5, 0.6) is 0 Å². The molecule has 2 N–H and O–H groups in total. The van der Waals surface area contributed by atoms with E-state index in [2.05, 4.69) is 0 Å². The predicted molar refractivity (Wildman–Crippen MR) is 69.6 cm³/mol. The maximum atomic E-state index is 13.5. The standard InChI is InChI=1S/C15H19F2NO/c16-12-6-4-7-13(17)11(12)9-15(19)10-5-2-1-3-8-14(10)18/h4,6-7,10,14H,1-3,5,8-9,18H2. The molecule has 1 aromatic carbocycles. The number of benzene rings is 1. The monoisotopic (exact) mass is 267 g/mol. The van der Waals surface area contributed by atoms with E-state index in [4.69, 9.17) is 5.73 Å². The Kier molecular flexibility index (Phi) is 4.64. The zero-order valence-electron chi connectivity index (χ0n) is 10.9. The van der Waals surface area contributed by atoms with E-state index in [1.54, 1.807) is 0 Å². The van der Waals surface area contributed by atoms with Crippen molar-refractivity contribution >= 4 is 5.78 Å². The normalized spacial score (nSPS) is 23.9. The highest BCUT2D eigenvalue weighted by molar-refractivity contribution is 5.84. The van der Waals surface area contributed by atoms with Crippen molar-refractivity contribution in [2.24, 2.45) is 11.7 Å². The molecule has 19 heavy (non-hydrogen) atoms. The number of rotatable bonds is 3. The van der Waals surface area contributed by atoms with Crippen LogP contribution in [0.4, 0.5) is 8.78 Å². The number of hydrogen-bond acceptors (Lipinski definition) is 2. The molecule has 0 spiro atoms. The van der Waals surface area contributed by atoms with Crippen LogP contribution in [0.1, 0.15) is 37.7 Å². The van der Waals surface area contributed by atoms with Crippen molar-refractivity contribution in [2.75, 3.05) is 0 Å². The molecule has 2 rings (SSSR count). The first-order valence-corrected chi connectivity index (χ1v) is 6.81. The molecule has 0 saturated heterocycles. The summed E-state index contributed by atoms with van der Waals surface area (Å²) in [4.78, 5) is 12.2. The Morgan fingerprint density at radius 2 is 1.79 bits per heavy atom. The molecule has 2 atom stereocenters. The van der Waals surface area contributed by atoms with Crippen LogP contribution in [0.25, 0.3) is 0 Å². The summed E-state index contributed by atoms with van der Waals surface area (Å²) in [5, 5.41) is 0. The van der Waals surface area contributed by atoms with Gasteiger partial charge in [-0.1, -0.05) is 25.3 Å². The van der Waals surface area contributed by atoms with Crippen molar-refractivity contribution in [2.45, 2.75) is 44.6 Å². The van der Waals surface area contributed by atoms with Gasteiger partial charge in [0.05, 0.1) is 0 Å². The van der Waals surface area contributed by atoms with E-state index < -0.39 is 11.6 Å². The maximum Gasteiger partial charge on any atom is 0.142 e. The van der Waals surface area contributed by atoms with E-state index in [0.717, 1.165) is 32.1 Å². The van der Waals surface area contributed by atoms with Gasteiger partial charge >= 0.3 is 0 Å². The third-order valence-corrected chi connectivity index (χ3v) is 3.90.